The standard InChI is InChI=1S/C15H12F3NO3/c16-8-3-4-9(13(18)12(8)17)19-14(20)10-6-1-2-7(5-6)11(10)15(21)22/h1-4,6-7,10-11H,5H2,(H,19,20)(H,21,22)/t6-,7-,10+,11+/m0/s1. The summed E-state index contributed by atoms with van der Waals surface area (Å²) < 4.78 is 39.6. The Balaban J connectivity index is 1.85. The van der Waals surface area contributed by atoms with Crippen molar-refractivity contribution in [2.24, 2.45) is 23.7 Å². The minimum Gasteiger partial charge on any atom is -0.481 e. The van der Waals surface area contributed by atoms with Gasteiger partial charge in [0.1, 0.15) is 0 Å². The molecule has 4 nitrogen and oxygen atoms in total. The highest BCUT2D eigenvalue weighted by Crippen LogP contribution is 2.48. The van der Waals surface area contributed by atoms with Crippen molar-refractivity contribution < 1.29 is 27.9 Å². The molecule has 22 heavy (non-hydrogen) atoms. The number of hydrogen-bond acceptors (Lipinski definition) is 2. The second kappa shape index (κ2) is 5.15. The van der Waals surface area contributed by atoms with Crippen LogP contribution in [0.2, 0.25) is 0 Å². The Morgan fingerprint density at radius 1 is 1.05 bits per heavy atom. The van der Waals surface area contributed by atoms with Gasteiger partial charge in [-0.25, -0.2) is 13.2 Å². The first kappa shape index (κ1) is 14.6. The molecule has 1 amide bonds. The molecular formula is C15H12F3NO3. The SMILES string of the molecule is O=C(O)[C@H]1[C@H](C(=O)Nc2ccc(F)c(F)c2F)[C@H]2C=C[C@H]1C2. The van der Waals surface area contributed by atoms with Crippen LogP contribution in [0.15, 0.2) is 24.3 Å². The van der Waals surface area contributed by atoms with Crippen molar-refractivity contribution in [1.29, 1.82) is 0 Å². The zero-order chi connectivity index (χ0) is 16.0. The first-order valence-corrected chi connectivity index (χ1v) is 6.75. The van der Waals surface area contributed by atoms with Crippen LogP contribution in [-0.4, -0.2) is 17.0 Å². The third kappa shape index (κ3) is 2.17. The predicted octanol–water partition coefficient (Wildman–Crippen LogP) is 2.57. The van der Waals surface area contributed by atoms with E-state index in [0.717, 1.165) is 6.07 Å². The van der Waals surface area contributed by atoms with E-state index < -0.39 is 46.9 Å². The summed E-state index contributed by atoms with van der Waals surface area (Å²) >= 11 is 0. The maximum atomic E-state index is 13.6. The number of carbonyl (C=O) groups excluding carboxylic acids is 1. The number of carboxylic acids is 1. The van der Waals surface area contributed by atoms with Crippen LogP contribution < -0.4 is 5.32 Å². The van der Waals surface area contributed by atoms with Crippen molar-refractivity contribution in [2.75, 3.05) is 5.32 Å². The van der Waals surface area contributed by atoms with E-state index in [2.05, 4.69) is 5.32 Å². The number of halogens is 3. The smallest absolute Gasteiger partial charge is 0.307 e. The molecule has 1 aromatic carbocycles. The average Bonchev–Trinajstić information content (AvgIpc) is 3.08. The second-order valence-electron chi connectivity index (χ2n) is 5.55. The minimum absolute atomic E-state index is 0.229. The summed E-state index contributed by atoms with van der Waals surface area (Å²) in [7, 11) is 0. The van der Waals surface area contributed by atoms with Gasteiger partial charge in [-0.15, -0.1) is 0 Å². The molecule has 0 unspecified atom stereocenters. The Morgan fingerprint density at radius 2 is 1.68 bits per heavy atom. The molecule has 0 aliphatic heterocycles. The zero-order valence-corrected chi connectivity index (χ0v) is 11.2. The van der Waals surface area contributed by atoms with Crippen molar-refractivity contribution in [3.8, 4) is 0 Å². The van der Waals surface area contributed by atoms with E-state index in [0.29, 0.717) is 12.5 Å². The maximum absolute atomic E-state index is 13.6. The van der Waals surface area contributed by atoms with E-state index >= 15 is 0 Å². The third-order valence-corrected chi connectivity index (χ3v) is 4.34. The van der Waals surface area contributed by atoms with Gasteiger partial charge in [-0.3, -0.25) is 9.59 Å². The lowest BCUT2D eigenvalue weighted by atomic mass is 9.82. The molecule has 1 aromatic rings. The number of anilines is 1. The van der Waals surface area contributed by atoms with Crippen LogP contribution in [0.25, 0.3) is 0 Å². The van der Waals surface area contributed by atoms with E-state index in [1.54, 1.807) is 12.2 Å². The highest BCUT2D eigenvalue weighted by atomic mass is 19.2. The number of fused-ring (bicyclic) bond motifs is 2. The topological polar surface area (TPSA) is 66.4 Å². The largest absolute Gasteiger partial charge is 0.481 e. The van der Waals surface area contributed by atoms with E-state index in [4.69, 9.17) is 0 Å². The monoisotopic (exact) mass is 311 g/mol. The number of nitrogens with one attached hydrogen (secondary N) is 1. The normalized spacial score (nSPS) is 28.9. The number of hydrogen-bond donors (Lipinski definition) is 2. The zero-order valence-electron chi connectivity index (χ0n) is 11.2. The Morgan fingerprint density at radius 3 is 2.32 bits per heavy atom. The third-order valence-electron chi connectivity index (χ3n) is 4.34. The fraction of sp³-hybridized carbons (Fsp3) is 0.333. The lowest BCUT2D eigenvalue weighted by Crippen LogP contribution is -2.36. The first-order valence-electron chi connectivity index (χ1n) is 6.75. The number of allylic oxidation sites excluding steroid dienone is 2. The summed E-state index contributed by atoms with van der Waals surface area (Å²) in [6, 6.07) is 1.61. The fourth-order valence-corrected chi connectivity index (χ4v) is 3.35. The first-order chi connectivity index (χ1) is 10.4. The minimum atomic E-state index is -1.68. The second-order valence-corrected chi connectivity index (χ2v) is 5.55. The molecule has 1 saturated carbocycles. The lowest BCUT2D eigenvalue weighted by molar-refractivity contribution is -0.146. The highest BCUT2D eigenvalue weighted by molar-refractivity contribution is 5.96. The number of amides is 1. The van der Waals surface area contributed by atoms with Gasteiger partial charge in [0.05, 0.1) is 17.5 Å². The lowest BCUT2D eigenvalue weighted by Gasteiger charge is -2.24. The molecule has 0 saturated heterocycles. The maximum Gasteiger partial charge on any atom is 0.307 e. The molecule has 0 spiro atoms. The van der Waals surface area contributed by atoms with Gasteiger partial charge < -0.3 is 10.4 Å². The van der Waals surface area contributed by atoms with E-state index in [9.17, 15) is 27.9 Å². The Kier molecular flexibility index (Phi) is 3.42. The van der Waals surface area contributed by atoms with Gasteiger partial charge in [0.15, 0.2) is 17.5 Å². The molecule has 2 bridgehead atoms. The Hall–Kier alpha value is -2.31. The summed E-state index contributed by atoms with van der Waals surface area (Å²) in [5, 5.41) is 11.4. The van der Waals surface area contributed by atoms with Gasteiger partial charge in [-0.1, -0.05) is 12.2 Å². The Labute approximate surface area is 123 Å². The van der Waals surface area contributed by atoms with Crippen molar-refractivity contribution in [2.45, 2.75) is 6.42 Å². The summed E-state index contributed by atoms with van der Waals surface area (Å²) in [4.78, 5) is 23.6. The summed E-state index contributed by atoms with van der Waals surface area (Å²) in [5.41, 5.74) is -0.500. The van der Waals surface area contributed by atoms with Crippen LogP contribution in [0.1, 0.15) is 6.42 Å². The molecule has 3 rings (SSSR count). The number of carboxylic acid groups (broad SMARTS) is 1. The molecule has 2 N–H and O–H groups in total. The van der Waals surface area contributed by atoms with Gasteiger partial charge in [0.2, 0.25) is 5.91 Å². The van der Waals surface area contributed by atoms with Gasteiger partial charge >= 0.3 is 5.97 Å². The molecule has 4 atom stereocenters. The van der Waals surface area contributed by atoms with Crippen LogP contribution in [-0.2, 0) is 9.59 Å². The van der Waals surface area contributed by atoms with Crippen LogP contribution >= 0.6 is 0 Å². The summed E-state index contributed by atoms with van der Waals surface area (Å²) in [6.07, 6.45) is 4.09. The van der Waals surface area contributed by atoms with Gasteiger partial charge in [0.25, 0.3) is 0 Å². The van der Waals surface area contributed by atoms with E-state index in [-0.39, 0.29) is 11.8 Å². The van der Waals surface area contributed by atoms with Crippen molar-refractivity contribution in [3.05, 3.63) is 41.7 Å². The van der Waals surface area contributed by atoms with Gasteiger partial charge in [-0.05, 0) is 30.4 Å². The average molecular weight is 311 g/mol. The van der Waals surface area contributed by atoms with Crippen molar-refractivity contribution >= 4 is 17.6 Å². The molecule has 1 fully saturated rings. The van der Waals surface area contributed by atoms with E-state index in [1.165, 1.54) is 0 Å². The molecule has 0 radical (unpaired) electrons. The number of carbonyl (C=O) groups is 2. The fourth-order valence-electron chi connectivity index (χ4n) is 3.35. The quantitative estimate of drug-likeness (QED) is 0.666. The van der Waals surface area contributed by atoms with Crippen LogP contribution in [0.3, 0.4) is 0 Å². The van der Waals surface area contributed by atoms with Crippen LogP contribution in [0, 0.1) is 41.1 Å². The molecule has 0 heterocycles. The van der Waals surface area contributed by atoms with Crippen LogP contribution in [0.4, 0.5) is 18.9 Å². The summed E-state index contributed by atoms with van der Waals surface area (Å²) in [6.45, 7) is 0. The van der Waals surface area contributed by atoms with E-state index in [1.807, 2.05) is 0 Å². The van der Waals surface area contributed by atoms with Gasteiger partial charge in [0, 0.05) is 0 Å². The number of aliphatic carboxylic acids is 1. The molecule has 2 aliphatic carbocycles. The highest BCUT2D eigenvalue weighted by Gasteiger charge is 2.51. The predicted molar refractivity (Wildman–Crippen MR) is 70.3 cm³/mol. The number of benzene rings is 1. The molecule has 116 valence electrons. The van der Waals surface area contributed by atoms with Crippen molar-refractivity contribution in [3.63, 3.8) is 0 Å². The Bertz CT molecular complexity index is 689. The number of rotatable bonds is 3. The van der Waals surface area contributed by atoms with Crippen LogP contribution in [0.5, 0.6) is 0 Å². The molecular weight excluding hydrogens is 299 g/mol. The molecule has 0 aromatic heterocycles. The summed E-state index contributed by atoms with van der Waals surface area (Å²) in [5.74, 6) is -8.53. The van der Waals surface area contributed by atoms with Gasteiger partial charge in [-0.2, -0.15) is 0 Å². The molecule has 2 aliphatic rings. The van der Waals surface area contributed by atoms with Crippen molar-refractivity contribution in [1.82, 2.24) is 0 Å². The molecule has 7 heteroatoms.